The summed E-state index contributed by atoms with van der Waals surface area (Å²) in [6.07, 6.45) is 2.88. The number of amides is 1. The molecular weight excluding hydrogens is 394 g/mol. The van der Waals surface area contributed by atoms with Crippen LogP contribution in [0.2, 0.25) is 0 Å². The van der Waals surface area contributed by atoms with Crippen molar-refractivity contribution in [3.63, 3.8) is 0 Å². The number of benzene rings is 1. The summed E-state index contributed by atoms with van der Waals surface area (Å²) >= 11 is 0. The number of ether oxygens (including phenoxy) is 1. The van der Waals surface area contributed by atoms with Crippen LogP contribution in [0.3, 0.4) is 0 Å². The van der Waals surface area contributed by atoms with Crippen LogP contribution in [0, 0.1) is 11.3 Å². The number of carbonyl (C=O) groups excluding carboxylic acids is 2. The van der Waals surface area contributed by atoms with Crippen LogP contribution >= 0.6 is 0 Å². The van der Waals surface area contributed by atoms with Crippen LogP contribution in [0.25, 0.3) is 0 Å². The number of para-hydroxylation sites is 1. The fourth-order valence-corrected chi connectivity index (χ4v) is 3.49. The molecule has 31 heavy (non-hydrogen) atoms. The van der Waals surface area contributed by atoms with Crippen molar-refractivity contribution in [1.29, 1.82) is 5.26 Å². The maximum absolute atomic E-state index is 12.3. The summed E-state index contributed by atoms with van der Waals surface area (Å²) < 4.78 is 5.00. The summed E-state index contributed by atoms with van der Waals surface area (Å²) in [6, 6.07) is 12.7. The molecule has 1 aliphatic heterocycles. The first-order chi connectivity index (χ1) is 15.1. The first kappa shape index (κ1) is 22.2. The Morgan fingerprint density at radius 1 is 1.16 bits per heavy atom. The van der Waals surface area contributed by atoms with E-state index in [1.54, 1.807) is 43.5 Å². The molecule has 0 unspecified atom stereocenters. The van der Waals surface area contributed by atoms with Gasteiger partial charge >= 0.3 is 5.97 Å². The fourth-order valence-electron chi connectivity index (χ4n) is 3.49. The largest absolute Gasteiger partial charge is 0.462 e. The van der Waals surface area contributed by atoms with Gasteiger partial charge in [-0.1, -0.05) is 12.1 Å². The minimum absolute atomic E-state index is 0.0972. The second kappa shape index (κ2) is 11.1. The third-order valence-corrected chi connectivity index (χ3v) is 5.15. The van der Waals surface area contributed by atoms with Crippen LogP contribution in [-0.4, -0.2) is 61.1 Å². The SMILES string of the molecule is CCOC(=O)c1ccc(N2CCCN(CCC(=O)Nc3ccccc3C#N)CC2)nc1. The second-order valence-electron chi connectivity index (χ2n) is 7.26. The molecule has 0 radical (unpaired) electrons. The molecule has 162 valence electrons. The van der Waals surface area contributed by atoms with Crippen LogP contribution in [-0.2, 0) is 9.53 Å². The molecule has 1 saturated heterocycles. The van der Waals surface area contributed by atoms with Gasteiger partial charge in [-0.05, 0) is 44.2 Å². The van der Waals surface area contributed by atoms with E-state index in [2.05, 4.69) is 26.2 Å². The molecule has 0 aliphatic carbocycles. The molecule has 0 atom stereocenters. The lowest BCUT2D eigenvalue weighted by molar-refractivity contribution is -0.116. The highest BCUT2D eigenvalue weighted by Crippen LogP contribution is 2.16. The van der Waals surface area contributed by atoms with Crippen molar-refractivity contribution in [2.75, 3.05) is 49.5 Å². The molecule has 0 saturated carbocycles. The standard InChI is InChI=1S/C23H27N5O3/c1-2-31-23(30)19-8-9-21(25-17-19)28-12-5-11-27(14-15-28)13-10-22(29)26-20-7-4-3-6-18(20)16-24/h3-4,6-9,17H,2,5,10-15H2,1H3,(H,26,29). The first-order valence-corrected chi connectivity index (χ1v) is 10.5. The maximum atomic E-state index is 12.3. The van der Waals surface area contributed by atoms with Crippen LogP contribution in [0.4, 0.5) is 11.5 Å². The lowest BCUT2D eigenvalue weighted by Crippen LogP contribution is -2.33. The van der Waals surface area contributed by atoms with Gasteiger partial charge < -0.3 is 19.9 Å². The molecule has 0 bridgehead atoms. The Kier molecular flexibility index (Phi) is 7.96. The number of nitrogens with zero attached hydrogens (tertiary/aromatic N) is 4. The zero-order valence-corrected chi connectivity index (χ0v) is 17.7. The van der Waals surface area contributed by atoms with E-state index in [9.17, 15) is 9.59 Å². The predicted octanol–water partition coefficient (Wildman–Crippen LogP) is 2.67. The molecule has 8 nitrogen and oxygen atoms in total. The Morgan fingerprint density at radius 3 is 2.74 bits per heavy atom. The summed E-state index contributed by atoms with van der Waals surface area (Å²) in [5.74, 6) is 0.375. The molecule has 1 aromatic heterocycles. The number of carbonyl (C=O) groups is 2. The average Bonchev–Trinajstić information content (AvgIpc) is 3.04. The molecule has 1 N–H and O–H groups in total. The maximum Gasteiger partial charge on any atom is 0.339 e. The average molecular weight is 422 g/mol. The van der Waals surface area contributed by atoms with Crippen LogP contribution in [0.15, 0.2) is 42.6 Å². The summed E-state index contributed by atoms with van der Waals surface area (Å²) in [6.45, 7) is 6.16. The molecule has 1 aromatic carbocycles. The highest BCUT2D eigenvalue weighted by molar-refractivity contribution is 5.92. The number of nitriles is 1. The predicted molar refractivity (Wildman–Crippen MR) is 118 cm³/mol. The van der Waals surface area contributed by atoms with E-state index >= 15 is 0 Å². The Balaban J connectivity index is 1.48. The third-order valence-electron chi connectivity index (χ3n) is 5.15. The first-order valence-electron chi connectivity index (χ1n) is 10.5. The number of anilines is 2. The number of hydrogen-bond acceptors (Lipinski definition) is 7. The quantitative estimate of drug-likeness (QED) is 0.686. The summed E-state index contributed by atoms with van der Waals surface area (Å²) in [4.78, 5) is 33.0. The van der Waals surface area contributed by atoms with E-state index in [0.717, 1.165) is 38.4 Å². The normalized spacial score (nSPS) is 14.4. The Hall–Kier alpha value is -3.44. The summed E-state index contributed by atoms with van der Waals surface area (Å²) in [5, 5.41) is 12.0. The minimum Gasteiger partial charge on any atom is -0.462 e. The number of esters is 1. The molecule has 0 spiro atoms. The number of hydrogen-bond donors (Lipinski definition) is 1. The van der Waals surface area contributed by atoms with Crippen molar-refractivity contribution in [3.8, 4) is 6.07 Å². The molecule has 8 heteroatoms. The van der Waals surface area contributed by atoms with E-state index < -0.39 is 0 Å². The van der Waals surface area contributed by atoms with Gasteiger partial charge in [0, 0.05) is 38.8 Å². The second-order valence-corrected chi connectivity index (χ2v) is 7.26. The fraction of sp³-hybridized carbons (Fsp3) is 0.391. The van der Waals surface area contributed by atoms with Gasteiger partial charge in [-0.2, -0.15) is 5.26 Å². The van der Waals surface area contributed by atoms with Gasteiger partial charge in [-0.3, -0.25) is 4.79 Å². The molecule has 1 amide bonds. The Morgan fingerprint density at radius 2 is 2.00 bits per heavy atom. The number of nitrogens with one attached hydrogen (secondary N) is 1. The molecule has 2 aromatic rings. The highest BCUT2D eigenvalue weighted by atomic mass is 16.5. The van der Waals surface area contributed by atoms with Crippen molar-refractivity contribution in [2.45, 2.75) is 19.8 Å². The van der Waals surface area contributed by atoms with E-state index in [0.29, 0.717) is 36.4 Å². The lowest BCUT2D eigenvalue weighted by atomic mass is 10.2. The summed E-state index contributed by atoms with van der Waals surface area (Å²) in [7, 11) is 0. The van der Waals surface area contributed by atoms with Crippen LogP contribution in [0.1, 0.15) is 35.7 Å². The van der Waals surface area contributed by atoms with Crippen molar-refractivity contribution in [1.82, 2.24) is 9.88 Å². The topological polar surface area (TPSA) is 98.6 Å². The Bertz CT molecular complexity index is 939. The zero-order valence-electron chi connectivity index (χ0n) is 17.7. The van der Waals surface area contributed by atoms with Crippen LogP contribution < -0.4 is 10.2 Å². The molecule has 2 heterocycles. The minimum atomic E-state index is -0.362. The van der Waals surface area contributed by atoms with Gasteiger partial charge in [-0.25, -0.2) is 9.78 Å². The van der Waals surface area contributed by atoms with Crippen LogP contribution in [0.5, 0.6) is 0 Å². The van der Waals surface area contributed by atoms with Gasteiger partial charge in [0.2, 0.25) is 5.91 Å². The van der Waals surface area contributed by atoms with Gasteiger partial charge in [0.05, 0.1) is 23.4 Å². The lowest BCUT2D eigenvalue weighted by Gasteiger charge is -2.22. The number of rotatable bonds is 7. The number of aromatic nitrogens is 1. The van der Waals surface area contributed by atoms with Crippen molar-refractivity contribution < 1.29 is 14.3 Å². The summed E-state index contributed by atoms with van der Waals surface area (Å²) in [5.41, 5.74) is 1.46. The molecule has 1 aliphatic rings. The number of pyridine rings is 1. The highest BCUT2D eigenvalue weighted by Gasteiger charge is 2.18. The van der Waals surface area contributed by atoms with Crippen molar-refractivity contribution >= 4 is 23.4 Å². The van der Waals surface area contributed by atoms with E-state index in [4.69, 9.17) is 10.00 Å². The Labute approximate surface area is 182 Å². The van der Waals surface area contributed by atoms with Crippen molar-refractivity contribution in [2.24, 2.45) is 0 Å². The molecule has 3 rings (SSSR count). The van der Waals surface area contributed by atoms with Gasteiger partial charge in [-0.15, -0.1) is 0 Å². The van der Waals surface area contributed by atoms with Gasteiger partial charge in [0.15, 0.2) is 0 Å². The van der Waals surface area contributed by atoms with Gasteiger partial charge in [0.1, 0.15) is 11.9 Å². The third kappa shape index (κ3) is 6.27. The smallest absolute Gasteiger partial charge is 0.339 e. The molecular formula is C23H27N5O3. The van der Waals surface area contributed by atoms with Gasteiger partial charge in [0.25, 0.3) is 0 Å². The van der Waals surface area contributed by atoms with E-state index in [1.165, 1.54) is 0 Å². The monoisotopic (exact) mass is 421 g/mol. The van der Waals surface area contributed by atoms with E-state index in [1.807, 2.05) is 6.07 Å². The van der Waals surface area contributed by atoms with Crippen molar-refractivity contribution in [3.05, 3.63) is 53.7 Å². The molecule has 1 fully saturated rings. The zero-order chi connectivity index (χ0) is 22.1. The van der Waals surface area contributed by atoms with E-state index in [-0.39, 0.29) is 11.9 Å².